The van der Waals surface area contributed by atoms with Crippen molar-refractivity contribution >= 4 is 17.2 Å². The molecule has 0 saturated carbocycles. The quantitative estimate of drug-likeness (QED) is 0.840. The van der Waals surface area contributed by atoms with Gasteiger partial charge < -0.3 is 14.9 Å². The molecule has 1 N–H and O–H groups in total. The average molecular weight is 310 g/mol. The third-order valence-electron chi connectivity index (χ3n) is 4.26. The van der Waals surface area contributed by atoms with Crippen LogP contribution in [0.3, 0.4) is 0 Å². The number of carbonyl (C=O) groups is 1. The van der Waals surface area contributed by atoms with Crippen molar-refractivity contribution in [3.8, 4) is 0 Å². The van der Waals surface area contributed by atoms with Crippen LogP contribution >= 0.6 is 11.3 Å². The number of thiophene rings is 1. The van der Waals surface area contributed by atoms with E-state index in [0.717, 1.165) is 13.0 Å². The minimum Gasteiger partial charge on any atom is -0.395 e. The first-order valence-corrected chi connectivity index (χ1v) is 8.70. The normalized spacial score (nSPS) is 19.6. The lowest BCUT2D eigenvalue weighted by molar-refractivity contribution is -0.132. The Balaban J connectivity index is 1.83. The second-order valence-corrected chi connectivity index (χ2v) is 6.82. The first kappa shape index (κ1) is 16.5. The Kier molecular flexibility index (Phi) is 6.67. The minimum absolute atomic E-state index is 0.0282. The number of carbonyl (C=O) groups excluding carboxylic acids is 1. The molecule has 1 aliphatic heterocycles. The molecule has 1 aliphatic rings. The number of hydrogen-bond acceptors (Lipinski definition) is 4. The zero-order valence-corrected chi connectivity index (χ0v) is 13.6. The number of likely N-dealkylation sites (tertiary alicyclic amines) is 1. The van der Waals surface area contributed by atoms with Gasteiger partial charge in [0.15, 0.2) is 0 Å². The molecule has 1 atom stereocenters. The Morgan fingerprint density at radius 3 is 3.05 bits per heavy atom. The molecule has 21 heavy (non-hydrogen) atoms. The van der Waals surface area contributed by atoms with E-state index in [1.807, 2.05) is 17.5 Å². The average Bonchev–Trinajstić information content (AvgIpc) is 2.99. The van der Waals surface area contributed by atoms with E-state index in [9.17, 15) is 9.90 Å². The zero-order chi connectivity index (χ0) is 15.1. The highest BCUT2D eigenvalue weighted by Gasteiger charge is 2.21. The molecule has 0 spiro atoms. The molecule has 0 radical (unpaired) electrons. The number of piperidine rings is 1. The van der Waals surface area contributed by atoms with Crippen LogP contribution in [-0.2, 0) is 11.3 Å². The zero-order valence-electron chi connectivity index (χ0n) is 12.8. The molecule has 4 nitrogen and oxygen atoms in total. The van der Waals surface area contributed by atoms with Crippen LogP contribution in [0.4, 0.5) is 0 Å². The van der Waals surface area contributed by atoms with Gasteiger partial charge in [0, 0.05) is 23.9 Å². The van der Waals surface area contributed by atoms with Crippen molar-refractivity contribution < 1.29 is 9.90 Å². The summed E-state index contributed by atoms with van der Waals surface area (Å²) in [6, 6.07) is 4.58. The topological polar surface area (TPSA) is 43.8 Å². The van der Waals surface area contributed by atoms with E-state index in [2.05, 4.69) is 11.9 Å². The molecule has 0 bridgehead atoms. The Hall–Kier alpha value is -0.910. The summed E-state index contributed by atoms with van der Waals surface area (Å²) in [6.45, 7) is 2.23. The maximum Gasteiger partial charge on any atom is 0.223 e. The molecule has 1 amide bonds. The maximum atomic E-state index is 12.4. The van der Waals surface area contributed by atoms with E-state index in [1.165, 1.54) is 24.1 Å². The lowest BCUT2D eigenvalue weighted by Crippen LogP contribution is -2.38. The second kappa shape index (κ2) is 8.51. The number of rotatable bonds is 7. The molecule has 1 saturated heterocycles. The summed E-state index contributed by atoms with van der Waals surface area (Å²) in [5, 5.41) is 11.2. The Labute approximate surface area is 131 Å². The second-order valence-electron chi connectivity index (χ2n) is 5.79. The number of aliphatic hydroxyl groups is 1. The molecule has 0 unspecified atom stereocenters. The van der Waals surface area contributed by atoms with Crippen molar-refractivity contribution in [2.75, 3.05) is 26.7 Å². The fraction of sp³-hybridized carbons (Fsp3) is 0.688. The highest BCUT2D eigenvalue weighted by Crippen LogP contribution is 2.20. The van der Waals surface area contributed by atoms with Crippen LogP contribution in [0.5, 0.6) is 0 Å². The number of aliphatic hydroxyl groups excluding tert-OH is 1. The molecule has 1 fully saturated rings. The van der Waals surface area contributed by atoms with Gasteiger partial charge in [0.05, 0.1) is 13.2 Å². The van der Waals surface area contributed by atoms with Crippen molar-refractivity contribution in [1.82, 2.24) is 9.80 Å². The summed E-state index contributed by atoms with van der Waals surface area (Å²) in [6.07, 6.45) is 5.27. The number of amides is 1. The van der Waals surface area contributed by atoms with Gasteiger partial charge in [-0.2, -0.15) is 0 Å². The van der Waals surface area contributed by atoms with Gasteiger partial charge in [0.25, 0.3) is 0 Å². The van der Waals surface area contributed by atoms with Gasteiger partial charge in [0.1, 0.15) is 0 Å². The fourth-order valence-electron chi connectivity index (χ4n) is 2.96. The van der Waals surface area contributed by atoms with Gasteiger partial charge in [0.2, 0.25) is 5.91 Å². The van der Waals surface area contributed by atoms with Gasteiger partial charge in [-0.05, 0) is 44.3 Å². The predicted molar refractivity (Wildman–Crippen MR) is 86.3 cm³/mol. The van der Waals surface area contributed by atoms with Crippen LogP contribution in [0.15, 0.2) is 17.5 Å². The van der Waals surface area contributed by atoms with Gasteiger partial charge in [-0.15, -0.1) is 11.3 Å². The summed E-state index contributed by atoms with van der Waals surface area (Å²) in [5.41, 5.74) is 0. The van der Waals surface area contributed by atoms with Gasteiger partial charge in [-0.3, -0.25) is 4.79 Å². The molecule has 0 aromatic carbocycles. The van der Waals surface area contributed by atoms with Crippen LogP contribution in [0.2, 0.25) is 0 Å². The first-order chi connectivity index (χ1) is 10.2. The van der Waals surface area contributed by atoms with Crippen LogP contribution in [0.1, 0.15) is 37.0 Å². The standard InChI is InChI=1S/C16H26N2O2S/c1-17-9-3-2-5-14(17)7-8-16(20)18(10-11-19)13-15-6-4-12-21-15/h4,6,12,14,19H,2-3,5,7-11,13H2,1H3/t14-/m1/s1. The maximum absolute atomic E-state index is 12.4. The van der Waals surface area contributed by atoms with E-state index in [1.54, 1.807) is 16.2 Å². The Bertz CT molecular complexity index is 422. The van der Waals surface area contributed by atoms with Crippen LogP contribution < -0.4 is 0 Å². The van der Waals surface area contributed by atoms with E-state index < -0.39 is 0 Å². The Morgan fingerprint density at radius 2 is 2.38 bits per heavy atom. The van der Waals surface area contributed by atoms with Crippen LogP contribution in [0, 0.1) is 0 Å². The third kappa shape index (κ3) is 5.09. The number of nitrogens with zero attached hydrogens (tertiary/aromatic N) is 2. The smallest absolute Gasteiger partial charge is 0.223 e. The predicted octanol–water partition coefficient (Wildman–Crippen LogP) is 2.33. The minimum atomic E-state index is 0.0282. The molecule has 2 rings (SSSR count). The lowest BCUT2D eigenvalue weighted by Gasteiger charge is -2.33. The molecule has 1 aromatic heterocycles. The first-order valence-electron chi connectivity index (χ1n) is 7.82. The summed E-state index contributed by atoms with van der Waals surface area (Å²) in [5.74, 6) is 0.163. The van der Waals surface area contributed by atoms with Crippen molar-refractivity contribution in [2.45, 2.75) is 44.7 Å². The fourth-order valence-corrected chi connectivity index (χ4v) is 3.68. The van der Waals surface area contributed by atoms with Crippen molar-refractivity contribution in [3.05, 3.63) is 22.4 Å². The summed E-state index contributed by atoms with van der Waals surface area (Å²) in [4.78, 5) is 17.8. The van der Waals surface area contributed by atoms with Crippen LogP contribution in [-0.4, -0.2) is 53.6 Å². The molecule has 1 aromatic rings. The third-order valence-corrected chi connectivity index (χ3v) is 5.12. The summed E-state index contributed by atoms with van der Waals surface area (Å²) in [7, 11) is 2.16. The highest BCUT2D eigenvalue weighted by atomic mass is 32.1. The van der Waals surface area contributed by atoms with Crippen molar-refractivity contribution in [1.29, 1.82) is 0 Å². The molecular formula is C16H26N2O2S. The Morgan fingerprint density at radius 1 is 1.52 bits per heavy atom. The van der Waals surface area contributed by atoms with Crippen molar-refractivity contribution in [2.24, 2.45) is 0 Å². The van der Waals surface area contributed by atoms with E-state index in [0.29, 0.717) is 25.6 Å². The van der Waals surface area contributed by atoms with Gasteiger partial charge in [-0.1, -0.05) is 12.5 Å². The SMILES string of the molecule is CN1CCCC[C@@H]1CCC(=O)N(CCO)Cc1cccs1. The molecule has 0 aliphatic carbocycles. The highest BCUT2D eigenvalue weighted by molar-refractivity contribution is 7.09. The van der Waals surface area contributed by atoms with Gasteiger partial charge >= 0.3 is 0 Å². The summed E-state index contributed by atoms with van der Waals surface area (Å²) >= 11 is 1.66. The molecule has 5 heteroatoms. The molecular weight excluding hydrogens is 284 g/mol. The lowest BCUT2D eigenvalue weighted by atomic mass is 9.98. The largest absolute Gasteiger partial charge is 0.395 e. The number of hydrogen-bond donors (Lipinski definition) is 1. The molecule has 2 heterocycles. The summed E-state index contributed by atoms with van der Waals surface area (Å²) < 4.78 is 0. The van der Waals surface area contributed by atoms with Crippen LogP contribution in [0.25, 0.3) is 0 Å². The molecule has 118 valence electrons. The van der Waals surface area contributed by atoms with E-state index >= 15 is 0 Å². The van der Waals surface area contributed by atoms with E-state index in [4.69, 9.17) is 0 Å². The van der Waals surface area contributed by atoms with E-state index in [-0.39, 0.29) is 12.5 Å². The van der Waals surface area contributed by atoms with Crippen molar-refractivity contribution in [3.63, 3.8) is 0 Å². The monoisotopic (exact) mass is 310 g/mol. The van der Waals surface area contributed by atoms with Gasteiger partial charge in [-0.25, -0.2) is 0 Å².